The first-order chi connectivity index (χ1) is 12.6. The van der Waals surface area contributed by atoms with Gasteiger partial charge in [-0.15, -0.1) is 11.3 Å². The summed E-state index contributed by atoms with van der Waals surface area (Å²) in [6.45, 7) is 3.78. The van der Waals surface area contributed by atoms with Gasteiger partial charge in [-0.2, -0.15) is 0 Å². The molecule has 7 nitrogen and oxygen atoms in total. The van der Waals surface area contributed by atoms with E-state index < -0.39 is 0 Å². The minimum Gasteiger partial charge on any atom is -0.467 e. The Morgan fingerprint density at radius 2 is 2.35 bits per heavy atom. The zero-order valence-corrected chi connectivity index (χ0v) is 15.5. The lowest BCUT2D eigenvalue weighted by Crippen LogP contribution is -2.37. The molecule has 0 spiro atoms. The summed E-state index contributed by atoms with van der Waals surface area (Å²) in [4.78, 5) is 25.0. The van der Waals surface area contributed by atoms with Crippen LogP contribution in [0.25, 0.3) is 10.2 Å². The normalized spacial score (nSPS) is 16.9. The van der Waals surface area contributed by atoms with E-state index in [0.717, 1.165) is 28.0 Å². The molecule has 1 aliphatic heterocycles. The molecule has 3 aromatic heterocycles. The number of thiophene rings is 1. The maximum absolute atomic E-state index is 13.0. The van der Waals surface area contributed by atoms with Crippen LogP contribution in [0.2, 0.25) is 0 Å². The van der Waals surface area contributed by atoms with Crippen LogP contribution in [0.15, 0.2) is 29.1 Å². The molecule has 26 heavy (non-hydrogen) atoms. The maximum Gasteiger partial charge on any atom is 0.264 e. The number of nitrogens with zero attached hydrogens (tertiary/aromatic N) is 3. The third-order valence-electron chi connectivity index (χ3n) is 4.70. The maximum atomic E-state index is 13.0. The van der Waals surface area contributed by atoms with Crippen molar-refractivity contribution in [3.05, 3.63) is 40.9 Å². The number of fused-ring (bicyclic) bond motifs is 1. The number of amides is 1. The van der Waals surface area contributed by atoms with Gasteiger partial charge in [0, 0.05) is 13.7 Å². The number of nitrogens with one attached hydrogen (secondary N) is 1. The second-order valence-electron chi connectivity index (χ2n) is 6.33. The lowest BCUT2D eigenvalue weighted by molar-refractivity contribution is 0.0715. The van der Waals surface area contributed by atoms with E-state index in [0.29, 0.717) is 30.5 Å². The fourth-order valence-corrected chi connectivity index (χ4v) is 4.28. The summed E-state index contributed by atoms with van der Waals surface area (Å²) >= 11 is 1.41. The molecule has 1 fully saturated rings. The minimum atomic E-state index is 0.0120. The molecule has 1 aliphatic rings. The van der Waals surface area contributed by atoms with Crippen molar-refractivity contribution < 1.29 is 13.9 Å². The number of hydrogen-bond donors (Lipinski definition) is 1. The molecule has 8 heteroatoms. The number of hydrogen-bond acceptors (Lipinski definition) is 7. The van der Waals surface area contributed by atoms with Crippen LogP contribution >= 0.6 is 11.3 Å². The van der Waals surface area contributed by atoms with Crippen molar-refractivity contribution in [3.8, 4) is 0 Å². The van der Waals surface area contributed by atoms with Gasteiger partial charge in [0.15, 0.2) is 0 Å². The van der Waals surface area contributed by atoms with E-state index in [4.69, 9.17) is 9.15 Å². The van der Waals surface area contributed by atoms with Crippen LogP contribution in [0, 0.1) is 6.92 Å². The molecule has 136 valence electrons. The number of aromatic nitrogens is 2. The van der Waals surface area contributed by atoms with Gasteiger partial charge < -0.3 is 19.4 Å². The monoisotopic (exact) mass is 372 g/mol. The Labute approximate surface area is 155 Å². The van der Waals surface area contributed by atoms with Crippen molar-refractivity contribution in [1.82, 2.24) is 14.9 Å². The first-order valence-electron chi connectivity index (χ1n) is 8.50. The largest absolute Gasteiger partial charge is 0.467 e. The highest BCUT2D eigenvalue weighted by molar-refractivity contribution is 7.20. The molecule has 0 bridgehead atoms. The van der Waals surface area contributed by atoms with Crippen molar-refractivity contribution in [3.63, 3.8) is 0 Å². The van der Waals surface area contributed by atoms with Gasteiger partial charge in [0.05, 0.1) is 35.7 Å². The van der Waals surface area contributed by atoms with Gasteiger partial charge >= 0.3 is 0 Å². The molecule has 4 heterocycles. The van der Waals surface area contributed by atoms with Crippen LogP contribution in [0.1, 0.15) is 27.4 Å². The molecular weight excluding hydrogens is 352 g/mol. The van der Waals surface area contributed by atoms with E-state index >= 15 is 0 Å². The highest BCUT2D eigenvalue weighted by Gasteiger charge is 2.28. The quantitative estimate of drug-likeness (QED) is 0.741. The fourth-order valence-electron chi connectivity index (χ4n) is 3.15. The number of furan rings is 1. The number of carbonyl (C=O) groups excluding carboxylic acids is 1. The Kier molecular flexibility index (Phi) is 4.60. The second-order valence-corrected chi connectivity index (χ2v) is 7.32. The summed E-state index contributed by atoms with van der Waals surface area (Å²) < 4.78 is 10.8. The van der Waals surface area contributed by atoms with E-state index in [1.54, 1.807) is 11.2 Å². The third-order valence-corrected chi connectivity index (χ3v) is 5.89. The Morgan fingerprint density at radius 3 is 3.08 bits per heavy atom. The van der Waals surface area contributed by atoms with Gasteiger partial charge in [-0.3, -0.25) is 4.79 Å². The molecule has 0 aliphatic carbocycles. The van der Waals surface area contributed by atoms with E-state index in [9.17, 15) is 4.79 Å². The molecule has 0 saturated carbocycles. The molecule has 0 aromatic carbocycles. The first kappa shape index (κ1) is 17.0. The summed E-state index contributed by atoms with van der Waals surface area (Å²) in [5.74, 6) is 1.55. The van der Waals surface area contributed by atoms with Crippen molar-refractivity contribution in [2.75, 3.05) is 25.6 Å². The summed E-state index contributed by atoms with van der Waals surface area (Å²) in [6.07, 6.45) is 4.04. The minimum absolute atomic E-state index is 0.0120. The standard InChI is InChI=1S/C18H20N4O3S/c1-11-14-16(19-8-13-4-3-6-25-13)20-10-21-17(14)26-15(11)18(23)22(2)12-5-7-24-9-12/h3-4,6,10,12H,5,7-9H2,1-2H3,(H,19,20,21). The summed E-state index contributed by atoms with van der Waals surface area (Å²) in [6, 6.07) is 3.89. The predicted octanol–water partition coefficient (Wildman–Crippen LogP) is 3.07. The van der Waals surface area contributed by atoms with Gasteiger partial charge in [0.2, 0.25) is 0 Å². The summed E-state index contributed by atoms with van der Waals surface area (Å²) in [7, 11) is 1.84. The lowest BCUT2D eigenvalue weighted by Gasteiger charge is -2.22. The van der Waals surface area contributed by atoms with Crippen molar-refractivity contribution >= 4 is 33.3 Å². The third kappa shape index (κ3) is 3.06. The average molecular weight is 372 g/mol. The number of likely N-dealkylation sites (N-methyl/N-ethyl adjacent to an activating group) is 1. The van der Waals surface area contributed by atoms with Crippen molar-refractivity contribution in [2.45, 2.75) is 25.9 Å². The van der Waals surface area contributed by atoms with Gasteiger partial charge in [-0.05, 0) is 31.0 Å². The van der Waals surface area contributed by atoms with Gasteiger partial charge in [0.25, 0.3) is 5.91 Å². The van der Waals surface area contributed by atoms with E-state index in [-0.39, 0.29) is 11.9 Å². The molecule has 0 radical (unpaired) electrons. The SMILES string of the molecule is Cc1c(C(=O)N(C)C2CCOC2)sc2ncnc(NCc3ccco3)c12. The topological polar surface area (TPSA) is 80.5 Å². The van der Waals surface area contributed by atoms with Crippen LogP contribution < -0.4 is 5.32 Å². The number of anilines is 1. The molecule has 4 rings (SSSR count). The number of ether oxygens (including phenoxy) is 1. The highest BCUT2D eigenvalue weighted by Crippen LogP contribution is 2.34. The zero-order valence-electron chi connectivity index (χ0n) is 14.7. The van der Waals surface area contributed by atoms with Gasteiger partial charge in [-0.25, -0.2) is 9.97 Å². The first-order valence-corrected chi connectivity index (χ1v) is 9.32. The second kappa shape index (κ2) is 7.05. The Balaban J connectivity index is 1.63. The van der Waals surface area contributed by atoms with E-state index in [1.807, 2.05) is 26.1 Å². The van der Waals surface area contributed by atoms with Crippen LogP contribution in [0.4, 0.5) is 5.82 Å². The zero-order chi connectivity index (χ0) is 18.1. The Hall–Kier alpha value is -2.45. The smallest absolute Gasteiger partial charge is 0.264 e. The fraction of sp³-hybridized carbons (Fsp3) is 0.389. The molecule has 1 amide bonds. The van der Waals surface area contributed by atoms with E-state index in [1.165, 1.54) is 17.7 Å². The molecule has 1 saturated heterocycles. The Morgan fingerprint density at radius 1 is 1.46 bits per heavy atom. The summed E-state index contributed by atoms with van der Waals surface area (Å²) in [5.41, 5.74) is 0.906. The number of rotatable bonds is 5. The number of aryl methyl sites for hydroxylation is 1. The summed E-state index contributed by atoms with van der Waals surface area (Å²) in [5, 5.41) is 4.18. The van der Waals surface area contributed by atoms with Crippen LogP contribution in [-0.4, -0.2) is 47.1 Å². The molecule has 1 atom stereocenters. The Bertz CT molecular complexity index is 916. The molecular formula is C18H20N4O3S. The van der Waals surface area contributed by atoms with Crippen LogP contribution in [-0.2, 0) is 11.3 Å². The number of carbonyl (C=O) groups is 1. The van der Waals surface area contributed by atoms with Crippen molar-refractivity contribution in [2.24, 2.45) is 0 Å². The van der Waals surface area contributed by atoms with Gasteiger partial charge in [0.1, 0.15) is 22.7 Å². The predicted molar refractivity (Wildman–Crippen MR) is 99.5 cm³/mol. The molecule has 1 N–H and O–H groups in total. The van der Waals surface area contributed by atoms with Crippen LogP contribution in [0.3, 0.4) is 0 Å². The van der Waals surface area contributed by atoms with Gasteiger partial charge in [-0.1, -0.05) is 0 Å². The molecule has 1 unspecified atom stereocenters. The van der Waals surface area contributed by atoms with Crippen LogP contribution in [0.5, 0.6) is 0 Å². The lowest BCUT2D eigenvalue weighted by atomic mass is 10.1. The van der Waals surface area contributed by atoms with Crippen molar-refractivity contribution in [1.29, 1.82) is 0 Å². The highest BCUT2D eigenvalue weighted by atomic mass is 32.1. The molecule has 3 aromatic rings. The van der Waals surface area contributed by atoms with E-state index in [2.05, 4.69) is 15.3 Å². The average Bonchev–Trinajstić information content (AvgIpc) is 3.40.